The molecule has 0 bridgehead atoms. The number of carbonyl (C=O) groups is 1. The summed E-state index contributed by atoms with van der Waals surface area (Å²) in [6.45, 7) is 0. The van der Waals surface area contributed by atoms with Gasteiger partial charge in [0.15, 0.2) is 11.3 Å². The molecule has 2 heterocycles. The summed E-state index contributed by atoms with van der Waals surface area (Å²) in [4.78, 5) is 19.1. The molecule has 3 N–H and O–H groups in total. The van der Waals surface area contributed by atoms with Crippen LogP contribution in [0.15, 0.2) is 12.4 Å². The number of rotatable bonds is 2. The van der Waals surface area contributed by atoms with E-state index < -0.39 is 5.97 Å². The molecular weight excluding hydrogens is 234 g/mol. The second-order valence-electron chi connectivity index (χ2n) is 4.11. The minimum absolute atomic E-state index is 0.101. The van der Waals surface area contributed by atoms with Crippen molar-refractivity contribution in [3.63, 3.8) is 0 Å². The van der Waals surface area contributed by atoms with E-state index in [0.717, 1.165) is 25.0 Å². The maximum Gasteiger partial charge on any atom is 0.357 e. The van der Waals surface area contributed by atoms with Crippen LogP contribution >= 0.6 is 0 Å². The van der Waals surface area contributed by atoms with Gasteiger partial charge in [0.1, 0.15) is 12.1 Å². The van der Waals surface area contributed by atoms with Crippen molar-refractivity contribution >= 4 is 28.5 Å². The summed E-state index contributed by atoms with van der Waals surface area (Å²) < 4.78 is 1.56. The van der Waals surface area contributed by atoms with Gasteiger partial charge in [-0.25, -0.2) is 19.4 Å². The smallest absolute Gasteiger partial charge is 0.357 e. The van der Waals surface area contributed by atoms with Crippen molar-refractivity contribution in [3.05, 3.63) is 18.1 Å². The van der Waals surface area contributed by atoms with Crippen molar-refractivity contribution in [2.75, 3.05) is 5.73 Å². The van der Waals surface area contributed by atoms with Gasteiger partial charge in [0.05, 0.1) is 5.39 Å². The third kappa shape index (κ3) is 1.44. The van der Waals surface area contributed by atoms with Crippen molar-refractivity contribution in [1.82, 2.24) is 19.7 Å². The molecule has 2 aromatic rings. The Hall–Kier alpha value is -2.44. The number of nitrogens with two attached hydrogens (primary N) is 1. The van der Waals surface area contributed by atoms with E-state index in [-0.39, 0.29) is 11.5 Å². The summed E-state index contributed by atoms with van der Waals surface area (Å²) in [7, 11) is 0. The van der Waals surface area contributed by atoms with Gasteiger partial charge >= 0.3 is 5.97 Å². The number of hydrogen-bond donors (Lipinski definition) is 2. The number of aromatic nitrogens is 4. The molecule has 1 aliphatic carbocycles. The first-order chi connectivity index (χ1) is 8.68. The van der Waals surface area contributed by atoms with Crippen LogP contribution < -0.4 is 5.73 Å². The van der Waals surface area contributed by atoms with Gasteiger partial charge in [-0.15, -0.1) is 0 Å². The minimum Gasteiger partial charge on any atom is -0.476 e. The van der Waals surface area contributed by atoms with Crippen LogP contribution in [-0.4, -0.2) is 30.8 Å². The maximum atomic E-state index is 11.2. The second kappa shape index (κ2) is 3.80. The molecule has 0 amide bonds. The molecule has 0 aliphatic heterocycles. The number of hydrogen-bond acceptors (Lipinski definition) is 5. The Balaban J connectivity index is 2.33. The summed E-state index contributed by atoms with van der Waals surface area (Å²) in [6, 6.07) is 0. The lowest BCUT2D eigenvalue weighted by Crippen LogP contribution is -2.02. The zero-order valence-corrected chi connectivity index (χ0v) is 9.50. The Morgan fingerprint density at radius 2 is 2.28 bits per heavy atom. The predicted molar refractivity (Wildman–Crippen MR) is 64.8 cm³/mol. The molecule has 18 heavy (non-hydrogen) atoms. The molecule has 0 spiro atoms. The van der Waals surface area contributed by atoms with Gasteiger partial charge in [-0.05, 0) is 19.3 Å². The molecule has 7 heteroatoms. The van der Waals surface area contributed by atoms with E-state index in [1.54, 1.807) is 4.68 Å². The average Bonchev–Trinajstić information content (AvgIpc) is 2.95. The standard InChI is InChI=1S/C11H11N5O2/c12-9-7-8(11(17)18)15-16(6-3-1-2-4-6)10(7)14-5-13-9/h3,5H,1-2,4H2,(H,17,18)(H2,12,13,14). The van der Waals surface area contributed by atoms with Gasteiger partial charge in [-0.2, -0.15) is 5.10 Å². The van der Waals surface area contributed by atoms with Gasteiger partial charge in [0, 0.05) is 5.70 Å². The number of nitrogens with zero attached hydrogens (tertiary/aromatic N) is 4. The first kappa shape index (κ1) is 10.7. The number of fused-ring (bicyclic) bond motifs is 1. The van der Waals surface area contributed by atoms with E-state index in [2.05, 4.69) is 15.1 Å². The van der Waals surface area contributed by atoms with Crippen LogP contribution in [0.3, 0.4) is 0 Å². The molecule has 0 aromatic carbocycles. The highest BCUT2D eigenvalue weighted by Gasteiger charge is 2.22. The fraction of sp³-hybridized carbons (Fsp3) is 0.273. The fourth-order valence-corrected chi connectivity index (χ4v) is 2.17. The number of aromatic carboxylic acids is 1. The number of carboxylic acids is 1. The van der Waals surface area contributed by atoms with Gasteiger partial charge in [-0.1, -0.05) is 6.08 Å². The maximum absolute atomic E-state index is 11.2. The Kier molecular flexibility index (Phi) is 2.26. The average molecular weight is 245 g/mol. The van der Waals surface area contributed by atoms with Crippen LogP contribution in [0.2, 0.25) is 0 Å². The summed E-state index contributed by atoms with van der Waals surface area (Å²) in [5, 5.41) is 13.6. The SMILES string of the molecule is Nc1ncnc2c1c(C(=O)O)nn2C1=CCCC1. The molecular formula is C11H11N5O2. The van der Waals surface area contributed by atoms with Crippen LogP contribution in [0.5, 0.6) is 0 Å². The highest BCUT2D eigenvalue weighted by molar-refractivity contribution is 6.05. The van der Waals surface area contributed by atoms with Gasteiger partial charge < -0.3 is 10.8 Å². The zero-order chi connectivity index (χ0) is 12.7. The molecule has 1 aliphatic rings. The topological polar surface area (TPSA) is 107 Å². The quantitative estimate of drug-likeness (QED) is 0.821. The third-order valence-electron chi connectivity index (χ3n) is 2.99. The summed E-state index contributed by atoms with van der Waals surface area (Å²) in [5.41, 5.74) is 7.03. The van der Waals surface area contributed by atoms with E-state index in [9.17, 15) is 4.79 Å². The number of carboxylic acid groups (broad SMARTS) is 1. The van der Waals surface area contributed by atoms with E-state index in [1.807, 2.05) is 6.08 Å². The summed E-state index contributed by atoms with van der Waals surface area (Å²) in [6.07, 6.45) is 6.23. The molecule has 92 valence electrons. The van der Waals surface area contributed by atoms with E-state index in [4.69, 9.17) is 10.8 Å². The van der Waals surface area contributed by atoms with Crippen LogP contribution in [0, 0.1) is 0 Å². The highest BCUT2D eigenvalue weighted by Crippen LogP contribution is 2.28. The van der Waals surface area contributed by atoms with Crippen molar-refractivity contribution in [3.8, 4) is 0 Å². The molecule has 3 rings (SSSR count). The lowest BCUT2D eigenvalue weighted by molar-refractivity contribution is 0.0692. The van der Waals surface area contributed by atoms with E-state index in [0.29, 0.717) is 11.0 Å². The molecule has 0 radical (unpaired) electrons. The largest absolute Gasteiger partial charge is 0.476 e. The van der Waals surface area contributed by atoms with Crippen LogP contribution in [0.1, 0.15) is 29.8 Å². The van der Waals surface area contributed by atoms with E-state index >= 15 is 0 Å². The van der Waals surface area contributed by atoms with Crippen molar-refractivity contribution in [2.24, 2.45) is 0 Å². The van der Waals surface area contributed by atoms with Crippen LogP contribution in [-0.2, 0) is 0 Å². The second-order valence-corrected chi connectivity index (χ2v) is 4.11. The Bertz CT molecular complexity index is 673. The Morgan fingerprint density at radius 3 is 2.94 bits per heavy atom. The molecule has 2 aromatic heterocycles. The highest BCUT2D eigenvalue weighted by atomic mass is 16.4. The van der Waals surface area contributed by atoms with Crippen molar-refractivity contribution in [1.29, 1.82) is 0 Å². The van der Waals surface area contributed by atoms with Gasteiger partial charge in [0.25, 0.3) is 0 Å². The Labute approximate surface area is 102 Å². The lowest BCUT2D eigenvalue weighted by atomic mass is 10.3. The van der Waals surface area contributed by atoms with Gasteiger partial charge in [-0.3, -0.25) is 0 Å². The monoisotopic (exact) mass is 245 g/mol. The minimum atomic E-state index is -1.13. The zero-order valence-electron chi connectivity index (χ0n) is 9.50. The van der Waals surface area contributed by atoms with E-state index in [1.165, 1.54) is 6.33 Å². The van der Waals surface area contributed by atoms with Gasteiger partial charge in [0.2, 0.25) is 0 Å². The van der Waals surface area contributed by atoms with Crippen LogP contribution in [0.4, 0.5) is 5.82 Å². The number of allylic oxidation sites excluding steroid dienone is 2. The molecule has 0 saturated carbocycles. The Morgan fingerprint density at radius 1 is 1.44 bits per heavy atom. The first-order valence-corrected chi connectivity index (χ1v) is 5.60. The number of anilines is 1. The lowest BCUT2D eigenvalue weighted by Gasteiger charge is -2.02. The van der Waals surface area contributed by atoms with Crippen LogP contribution in [0.25, 0.3) is 16.7 Å². The summed E-state index contributed by atoms with van der Waals surface area (Å²) in [5.74, 6) is -0.985. The molecule has 0 saturated heterocycles. The molecule has 0 atom stereocenters. The summed E-state index contributed by atoms with van der Waals surface area (Å²) >= 11 is 0. The van der Waals surface area contributed by atoms with Crippen molar-refractivity contribution in [2.45, 2.75) is 19.3 Å². The first-order valence-electron chi connectivity index (χ1n) is 5.60. The molecule has 7 nitrogen and oxygen atoms in total. The third-order valence-corrected chi connectivity index (χ3v) is 2.99. The fourth-order valence-electron chi connectivity index (χ4n) is 2.17. The van der Waals surface area contributed by atoms with Crippen molar-refractivity contribution < 1.29 is 9.90 Å². The predicted octanol–water partition coefficient (Wildman–Crippen LogP) is 1.13. The normalized spacial score (nSPS) is 15.0. The number of nitrogen functional groups attached to an aromatic ring is 1. The molecule has 0 fully saturated rings. The molecule has 0 unspecified atom stereocenters.